The van der Waals surface area contributed by atoms with E-state index in [1.807, 2.05) is 12.1 Å². The van der Waals surface area contributed by atoms with Crippen LogP contribution in [0.25, 0.3) is 0 Å². The predicted octanol–water partition coefficient (Wildman–Crippen LogP) is 1.88. The van der Waals surface area contributed by atoms with Gasteiger partial charge >= 0.3 is 0 Å². The first-order valence-electron chi connectivity index (χ1n) is 5.42. The number of nitrogen functional groups attached to an aromatic ring is 1. The Balaban J connectivity index is 2.11. The van der Waals surface area contributed by atoms with Crippen molar-refractivity contribution >= 4 is 11.4 Å². The van der Waals surface area contributed by atoms with Crippen LogP contribution in [0.1, 0.15) is 12.8 Å². The van der Waals surface area contributed by atoms with Crippen molar-refractivity contribution in [2.24, 2.45) is 0 Å². The Kier molecular flexibility index (Phi) is 3.11. The van der Waals surface area contributed by atoms with Crippen LogP contribution in [0.3, 0.4) is 0 Å². The maximum absolute atomic E-state index is 5.68. The van der Waals surface area contributed by atoms with Gasteiger partial charge in [-0.3, -0.25) is 0 Å². The highest BCUT2D eigenvalue weighted by molar-refractivity contribution is 5.54. The fraction of sp³-hybridized carbons (Fsp3) is 0.500. The summed E-state index contributed by atoms with van der Waals surface area (Å²) in [5.74, 6) is 0. The molecule has 1 fully saturated rings. The molecule has 0 unspecified atom stereocenters. The minimum absolute atomic E-state index is 0.527. The monoisotopic (exact) mass is 206 g/mol. The molecule has 0 radical (unpaired) electrons. The number of rotatable bonds is 3. The minimum Gasteiger partial charge on any atom is -0.399 e. The lowest BCUT2D eigenvalue weighted by atomic mass is 10.2. The van der Waals surface area contributed by atoms with Crippen LogP contribution in [0.15, 0.2) is 24.3 Å². The molecule has 1 aliphatic heterocycles. The third kappa shape index (κ3) is 2.23. The maximum atomic E-state index is 5.68. The Morgan fingerprint density at radius 3 is 2.80 bits per heavy atom. The predicted molar refractivity (Wildman–Crippen MR) is 63.1 cm³/mol. The molecule has 1 aromatic rings. The smallest absolute Gasteiger partial charge is 0.0666 e. The van der Waals surface area contributed by atoms with E-state index >= 15 is 0 Å². The lowest BCUT2D eigenvalue weighted by molar-refractivity contribution is 0.181. The molecule has 0 aromatic heterocycles. The summed E-state index contributed by atoms with van der Waals surface area (Å²) in [4.78, 5) is 2.41. The van der Waals surface area contributed by atoms with Crippen LogP contribution in [-0.2, 0) is 4.74 Å². The molecule has 2 N–H and O–H groups in total. The summed E-state index contributed by atoms with van der Waals surface area (Å²) in [7, 11) is 1.76. The van der Waals surface area contributed by atoms with Gasteiger partial charge in [0.2, 0.25) is 0 Å². The van der Waals surface area contributed by atoms with Gasteiger partial charge in [-0.25, -0.2) is 0 Å². The van der Waals surface area contributed by atoms with E-state index < -0.39 is 0 Å². The number of nitrogens with zero attached hydrogens (tertiary/aromatic N) is 1. The average molecular weight is 206 g/mol. The van der Waals surface area contributed by atoms with Crippen molar-refractivity contribution in [2.75, 3.05) is 30.9 Å². The quantitative estimate of drug-likeness (QED) is 0.767. The number of benzene rings is 1. The molecule has 1 aromatic carbocycles. The van der Waals surface area contributed by atoms with Crippen molar-refractivity contribution in [2.45, 2.75) is 18.9 Å². The summed E-state index contributed by atoms with van der Waals surface area (Å²) in [6, 6.07) is 8.61. The van der Waals surface area contributed by atoms with E-state index in [0.717, 1.165) is 18.8 Å². The molecule has 15 heavy (non-hydrogen) atoms. The van der Waals surface area contributed by atoms with Crippen molar-refractivity contribution < 1.29 is 4.74 Å². The molecule has 1 aliphatic rings. The lowest BCUT2D eigenvalue weighted by Gasteiger charge is -2.26. The third-order valence-corrected chi connectivity index (χ3v) is 2.96. The van der Waals surface area contributed by atoms with Crippen molar-refractivity contribution in [1.29, 1.82) is 0 Å². The first-order chi connectivity index (χ1) is 7.31. The largest absolute Gasteiger partial charge is 0.399 e. The third-order valence-electron chi connectivity index (χ3n) is 2.96. The van der Waals surface area contributed by atoms with Crippen LogP contribution in [0.5, 0.6) is 0 Å². The molecule has 0 saturated carbocycles. The van der Waals surface area contributed by atoms with Crippen molar-refractivity contribution in [3.8, 4) is 0 Å². The summed E-state index contributed by atoms with van der Waals surface area (Å²) < 4.78 is 5.23. The number of ether oxygens (including phenoxy) is 1. The van der Waals surface area contributed by atoms with E-state index in [1.165, 1.54) is 18.5 Å². The number of methoxy groups -OCH3 is 1. The fourth-order valence-corrected chi connectivity index (χ4v) is 2.21. The standard InChI is InChI=1S/C12H18N2O/c1-15-9-12-3-2-8-14(12)11-6-4-10(13)5-7-11/h4-7,12H,2-3,8-9,13H2,1H3/t12-/m0/s1. The maximum Gasteiger partial charge on any atom is 0.0666 e. The van der Waals surface area contributed by atoms with E-state index in [4.69, 9.17) is 10.5 Å². The molecule has 0 aliphatic carbocycles. The molecule has 82 valence electrons. The van der Waals surface area contributed by atoms with Gasteiger partial charge in [-0.2, -0.15) is 0 Å². The van der Waals surface area contributed by atoms with Crippen LogP contribution in [0, 0.1) is 0 Å². The molecule has 0 bridgehead atoms. The number of hydrogen-bond acceptors (Lipinski definition) is 3. The van der Waals surface area contributed by atoms with E-state index in [-0.39, 0.29) is 0 Å². The Labute approximate surface area is 90.8 Å². The molecular formula is C12H18N2O. The molecule has 1 heterocycles. The molecule has 3 nitrogen and oxygen atoms in total. The van der Waals surface area contributed by atoms with Crippen LogP contribution in [-0.4, -0.2) is 26.3 Å². The van der Waals surface area contributed by atoms with Gasteiger partial charge in [0.05, 0.1) is 12.6 Å². The molecular weight excluding hydrogens is 188 g/mol. The van der Waals surface area contributed by atoms with Gasteiger partial charge in [0.1, 0.15) is 0 Å². The summed E-state index contributed by atoms with van der Waals surface area (Å²) in [5, 5.41) is 0. The second kappa shape index (κ2) is 4.53. The molecule has 0 spiro atoms. The van der Waals surface area contributed by atoms with Crippen molar-refractivity contribution in [3.63, 3.8) is 0 Å². The Morgan fingerprint density at radius 1 is 1.40 bits per heavy atom. The van der Waals surface area contributed by atoms with Crippen LogP contribution >= 0.6 is 0 Å². The van der Waals surface area contributed by atoms with E-state index in [0.29, 0.717) is 6.04 Å². The molecule has 3 heteroatoms. The normalized spacial score (nSPS) is 20.9. The van der Waals surface area contributed by atoms with Crippen LogP contribution < -0.4 is 10.6 Å². The van der Waals surface area contributed by atoms with Gasteiger partial charge < -0.3 is 15.4 Å². The summed E-state index contributed by atoms with van der Waals surface area (Å²) in [6.45, 7) is 1.93. The first kappa shape index (κ1) is 10.3. The molecule has 1 atom stereocenters. The summed E-state index contributed by atoms with van der Waals surface area (Å²) in [5.41, 5.74) is 7.75. The van der Waals surface area contributed by atoms with Crippen molar-refractivity contribution in [3.05, 3.63) is 24.3 Å². The van der Waals surface area contributed by atoms with E-state index in [9.17, 15) is 0 Å². The van der Waals surface area contributed by atoms with Gasteiger partial charge in [-0.05, 0) is 37.1 Å². The minimum atomic E-state index is 0.527. The highest BCUT2D eigenvalue weighted by atomic mass is 16.5. The lowest BCUT2D eigenvalue weighted by Crippen LogP contribution is -2.32. The second-order valence-corrected chi connectivity index (χ2v) is 4.04. The summed E-state index contributed by atoms with van der Waals surface area (Å²) >= 11 is 0. The Morgan fingerprint density at radius 2 is 2.13 bits per heavy atom. The number of hydrogen-bond donors (Lipinski definition) is 1. The van der Waals surface area contributed by atoms with Crippen molar-refractivity contribution in [1.82, 2.24) is 0 Å². The zero-order valence-electron chi connectivity index (χ0n) is 9.15. The second-order valence-electron chi connectivity index (χ2n) is 4.04. The first-order valence-corrected chi connectivity index (χ1v) is 5.42. The fourth-order valence-electron chi connectivity index (χ4n) is 2.21. The molecule has 0 amide bonds. The van der Waals surface area contributed by atoms with Gasteiger partial charge in [0, 0.05) is 25.0 Å². The zero-order chi connectivity index (χ0) is 10.7. The van der Waals surface area contributed by atoms with Gasteiger partial charge in [0.15, 0.2) is 0 Å². The highest BCUT2D eigenvalue weighted by Crippen LogP contribution is 2.26. The van der Waals surface area contributed by atoms with Gasteiger partial charge in [-0.15, -0.1) is 0 Å². The molecule has 1 saturated heterocycles. The topological polar surface area (TPSA) is 38.5 Å². The SMILES string of the molecule is COC[C@@H]1CCCN1c1ccc(N)cc1. The highest BCUT2D eigenvalue weighted by Gasteiger charge is 2.24. The van der Waals surface area contributed by atoms with Gasteiger partial charge in [-0.1, -0.05) is 0 Å². The number of anilines is 2. The van der Waals surface area contributed by atoms with E-state index in [1.54, 1.807) is 7.11 Å². The Bertz CT molecular complexity index is 310. The Hall–Kier alpha value is -1.22. The van der Waals surface area contributed by atoms with Gasteiger partial charge in [0.25, 0.3) is 0 Å². The van der Waals surface area contributed by atoms with E-state index in [2.05, 4.69) is 17.0 Å². The average Bonchev–Trinajstić information content (AvgIpc) is 2.68. The summed E-state index contributed by atoms with van der Waals surface area (Å²) in [6.07, 6.45) is 2.47. The number of nitrogens with two attached hydrogens (primary N) is 1. The van der Waals surface area contributed by atoms with Crippen LogP contribution in [0.2, 0.25) is 0 Å². The van der Waals surface area contributed by atoms with Crippen LogP contribution in [0.4, 0.5) is 11.4 Å². The molecule has 2 rings (SSSR count). The zero-order valence-corrected chi connectivity index (χ0v) is 9.15.